The summed E-state index contributed by atoms with van der Waals surface area (Å²) in [6.45, 7) is 2.46. The van der Waals surface area contributed by atoms with Gasteiger partial charge in [-0.3, -0.25) is 4.31 Å². The van der Waals surface area contributed by atoms with E-state index in [0.717, 1.165) is 27.1 Å². The number of nitrogens with zero attached hydrogens (tertiary/aromatic N) is 2. The van der Waals surface area contributed by atoms with Crippen LogP contribution in [0.3, 0.4) is 0 Å². The SMILES string of the molecule is Cc1c(N(CCC2CC2)S(=O)(=O)c2cccc(C#N)c2)sc2ccccc12. The minimum Gasteiger partial charge on any atom is -0.257 e. The van der Waals surface area contributed by atoms with E-state index in [-0.39, 0.29) is 4.90 Å². The van der Waals surface area contributed by atoms with Gasteiger partial charge in [0.15, 0.2) is 0 Å². The van der Waals surface area contributed by atoms with Crippen molar-refractivity contribution in [3.05, 3.63) is 59.7 Å². The summed E-state index contributed by atoms with van der Waals surface area (Å²) in [5.74, 6) is 0.628. The summed E-state index contributed by atoms with van der Waals surface area (Å²) in [4.78, 5) is 0.175. The first-order valence-corrected chi connectivity index (χ1v) is 11.3. The Bertz CT molecular complexity index is 1140. The first-order valence-electron chi connectivity index (χ1n) is 9.02. The Morgan fingerprint density at radius 2 is 1.96 bits per heavy atom. The van der Waals surface area contributed by atoms with Gasteiger partial charge in [0.2, 0.25) is 0 Å². The molecule has 0 aliphatic heterocycles. The van der Waals surface area contributed by atoms with Crippen LogP contribution in [0.5, 0.6) is 0 Å². The first-order chi connectivity index (χ1) is 13.0. The predicted octanol–water partition coefficient (Wildman–Crippen LogP) is 5.08. The van der Waals surface area contributed by atoms with Gasteiger partial charge in [-0.25, -0.2) is 8.42 Å². The highest BCUT2D eigenvalue weighted by molar-refractivity contribution is 7.93. The molecule has 0 saturated heterocycles. The molecule has 138 valence electrons. The molecule has 3 aromatic rings. The predicted molar refractivity (Wildman–Crippen MR) is 110 cm³/mol. The zero-order valence-electron chi connectivity index (χ0n) is 15.1. The second-order valence-corrected chi connectivity index (χ2v) is 9.87. The van der Waals surface area contributed by atoms with Crippen molar-refractivity contribution in [2.24, 2.45) is 5.92 Å². The Balaban J connectivity index is 1.82. The monoisotopic (exact) mass is 396 g/mol. The Labute approximate surface area is 163 Å². The zero-order valence-corrected chi connectivity index (χ0v) is 16.7. The van der Waals surface area contributed by atoms with Gasteiger partial charge < -0.3 is 0 Å². The molecule has 27 heavy (non-hydrogen) atoms. The molecule has 0 spiro atoms. The fourth-order valence-corrected chi connectivity index (χ4v) is 6.32. The summed E-state index contributed by atoms with van der Waals surface area (Å²) in [5.41, 5.74) is 1.35. The van der Waals surface area contributed by atoms with Crippen LogP contribution in [0.4, 0.5) is 5.00 Å². The molecule has 0 radical (unpaired) electrons. The highest BCUT2D eigenvalue weighted by atomic mass is 32.2. The average Bonchev–Trinajstić information content (AvgIpc) is 3.45. The van der Waals surface area contributed by atoms with Crippen LogP contribution in [0.15, 0.2) is 53.4 Å². The number of hydrogen-bond donors (Lipinski definition) is 0. The number of rotatable bonds is 6. The standard InChI is InChI=1S/C21H20N2O2S2/c1-15-19-7-2-3-8-20(19)26-21(15)23(12-11-16-9-10-16)27(24,25)18-6-4-5-17(13-18)14-22/h2-8,13,16H,9-12H2,1H3. The van der Waals surface area contributed by atoms with Crippen LogP contribution in [-0.4, -0.2) is 15.0 Å². The number of fused-ring (bicyclic) bond motifs is 1. The van der Waals surface area contributed by atoms with E-state index in [1.165, 1.54) is 30.2 Å². The van der Waals surface area contributed by atoms with E-state index >= 15 is 0 Å². The third kappa shape index (κ3) is 3.45. The molecule has 0 bridgehead atoms. The molecule has 1 heterocycles. The highest BCUT2D eigenvalue weighted by Crippen LogP contribution is 2.41. The molecule has 0 unspecified atom stereocenters. The van der Waals surface area contributed by atoms with Gasteiger partial charge >= 0.3 is 0 Å². The molecule has 0 atom stereocenters. The van der Waals surface area contributed by atoms with Gasteiger partial charge in [0.05, 0.1) is 16.5 Å². The number of anilines is 1. The van der Waals surface area contributed by atoms with Crippen molar-refractivity contribution >= 4 is 36.4 Å². The van der Waals surface area contributed by atoms with Crippen molar-refractivity contribution in [1.82, 2.24) is 0 Å². The van der Waals surface area contributed by atoms with E-state index in [1.807, 2.05) is 37.3 Å². The van der Waals surface area contributed by atoms with Crippen LogP contribution in [-0.2, 0) is 10.0 Å². The van der Waals surface area contributed by atoms with E-state index in [4.69, 9.17) is 5.26 Å². The molecule has 0 amide bonds. The smallest absolute Gasteiger partial charge is 0.257 e. The van der Waals surface area contributed by atoms with Crippen molar-refractivity contribution in [2.75, 3.05) is 10.8 Å². The lowest BCUT2D eigenvalue weighted by molar-refractivity contribution is 0.587. The van der Waals surface area contributed by atoms with E-state index in [2.05, 4.69) is 0 Å². The topological polar surface area (TPSA) is 61.2 Å². The molecule has 1 aromatic heterocycles. The van der Waals surface area contributed by atoms with Gasteiger partial charge in [0, 0.05) is 11.2 Å². The van der Waals surface area contributed by atoms with Crippen molar-refractivity contribution in [3.63, 3.8) is 0 Å². The summed E-state index contributed by atoms with van der Waals surface area (Å²) >= 11 is 1.52. The molecule has 1 aliphatic rings. The second kappa shape index (κ2) is 6.99. The summed E-state index contributed by atoms with van der Waals surface area (Å²) in [7, 11) is -3.73. The lowest BCUT2D eigenvalue weighted by atomic mass is 10.2. The molecular weight excluding hydrogens is 376 g/mol. The molecule has 6 heteroatoms. The molecule has 2 aromatic carbocycles. The van der Waals surface area contributed by atoms with E-state index < -0.39 is 10.0 Å². The van der Waals surface area contributed by atoms with Crippen LogP contribution >= 0.6 is 11.3 Å². The van der Waals surface area contributed by atoms with Gasteiger partial charge in [-0.1, -0.05) is 37.1 Å². The van der Waals surface area contributed by atoms with Crippen molar-refractivity contribution in [2.45, 2.75) is 31.1 Å². The number of nitriles is 1. The molecule has 0 N–H and O–H groups in total. The summed E-state index contributed by atoms with van der Waals surface area (Å²) in [6.07, 6.45) is 3.23. The third-order valence-electron chi connectivity index (χ3n) is 5.03. The number of thiophene rings is 1. The molecule has 4 rings (SSSR count). The molecule has 1 saturated carbocycles. The van der Waals surface area contributed by atoms with Gasteiger partial charge in [0.25, 0.3) is 10.0 Å². The number of hydrogen-bond acceptors (Lipinski definition) is 4. The second-order valence-electron chi connectivity index (χ2n) is 6.98. The van der Waals surface area contributed by atoms with Crippen molar-refractivity contribution in [3.8, 4) is 6.07 Å². The Morgan fingerprint density at radius 3 is 2.67 bits per heavy atom. The summed E-state index contributed by atoms with van der Waals surface area (Å²) < 4.78 is 29.6. The molecule has 1 aliphatic carbocycles. The maximum absolute atomic E-state index is 13.5. The molecule has 4 nitrogen and oxygen atoms in total. The fraction of sp³-hybridized carbons (Fsp3) is 0.286. The highest BCUT2D eigenvalue weighted by Gasteiger charge is 2.31. The van der Waals surface area contributed by atoms with Crippen LogP contribution in [0.25, 0.3) is 10.1 Å². The van der Waals surface area contributed by atoms with Crippen molar-refractivity contribution < 1.29 is 8.42 Å². The summed E-state index contributed by atoms with van der Waals surface area (Å²) in [6, 6.07) is 16.3. The van der Waals surface area contributed by atoms with Gasteiger partial charge in [0.1, 0.15) is 5.00 Å². The minimum atomic E-state index is -3.73. The van der Waals surface area contributed by atoms with Crippen LogP contribution < -0.4 is 4.31 Å². The lowest BCUT2D eigenvalue weighted by Crippen LogP contribution is -2.32. The fourth-order valence-electron chi connectivity index (χ4n) is 3.29. The first kappa shape index (κ1) is 18.0. The minimum absolute atomic E-state index is 0.175. The Kier molecular flexibility index (Phi) is 4.67. The van der Waals surface area contributed by atoms with Crippen LogP contribution in [0, 0.1) is 24.2 Å². The largest absolute Gasteiger partial charge is 0.264 e. The number of sulfonamides is 1. The van der Waals surface area contributed by atoms with E-state index in [0.29, 0.717) is 18.0 Å². The summed E-state index contributed by atoms with van der Waals surface area (Å²) in [5, 5.41) is 11.0. The molecular formula is C21H20N2O2S2. The van der Waals surface area contributed by atoms with Gasteiger partial charge in [-0.2, -0.15) is 5.26 Å². The Morgan fingerprint density at radius 1 is 1.19 bits per heavy atom. The lowest BCUT2D eigenvalue weighted by Gasteiger charge is -2.24. The molecule has 1 fully saturated rings. The third-order valence-corrected chi connectivity index (χ3v) is 8.24. The van der Waals surface area contributed by atoms with Gasteiger partial charge in [-0.15, -0.1) is 11.3 Å². The number of benzene rings is 2. The maximum atomic E-state index is 13.5. The van der Waals surface area contributed by atoms with Crippen molar-refractivity contribution in [1.29, 1.82) is 5.26 Å². The normalized spacial score (nSPS) is 14.2. The van der Waals surface area contributed by atoms with Gasteiger partial charge in [-0.05, 0) is 54.5 Å². The maximum Gasteiger partial charge on any atom is 0.264 e. The van der Waals surface area contributed by atoms with E-state index in [9.17, 15) is 8.42 Å². The average molecular weight is 397 g/mol. The Hall–Kier alpha value is -2.36. The quantitative estimate of drug-likeness (QED) is 0.584. The zero-order chi connectivity index (χ0) is 19.0. The number of aryl methyl sites for hydroxylation is 1. The van der Waals surface area contributed by atoms with E-state index in [1.54, 1.807) is 22.5 Å². The van der Waals surface area contributed by atoms with Crippen LogP contribution in [0.1, 0.15) is 30.4 Å². The van der Waals surface area contributed by atoms with Crippen LogP contribution in [0.2, 0.25) is 0 Å².